The van der Waals surface area contributed by atoms with Crippen molar-refractivity contribution in [3.63, 3.8) is 0 Å². The quantitative estimate of drug-likeness (QED) is 0.816. The molecule has 0 saturated carbocycles. The van der Waals surface area contributed by atoms with Crippen LogP contribution in [-0.2, 0) is 6.54 Å². The molecule has 4 rings (SSSR count). The largest absolute Gasteiger partial charge is 0.344 e. The highest BCUT2D eigenvalue weighted by Gasteiger charge is 2.43. The minimum Gasteiger partial charge on any atom is -0.314 e. The first-order chi connectivity index (χ1) is 9.70. The maximum Gasteiger partial charge on any atom is 0.344 e. The zero-order valence-electron chi connectivity index (χ0n) is 10.1. The van der Waals surface area contributed by atoms with Gasteiger partial charge in [0.05, 0.1) is 29.2 Å². The van der Waals surface area contributed by atoms with Gasteiger partial charge in [-0.3, -0.25) is 9.18 Å². The summed E-state index contributed by atoms with van der Waals surface area (Å²) in [5.41, 5.74) is 2.68. The third-order valence-corrected chi connectivity index (χ3v) is 4.38. The molecule has 2 aromatic rings. The first kappa shape index (κ1) is 13.3. The van der Waals surface area contributed by atoms with E-state index in [-0.39, 0.29) is 24.4 Å². The Kier molecular flexibility index (Phi) is 3.59. The summed E-state index contributed by atoms with van der Waals surface area (Å²) in [6.07, 6.45) is 4.45. The topological polar surface area (TPSA) is 74.5 Å². The Labute approximate surface area is 122 Å². The molecule has 0 radical (unpaired) electrons. The molecule has 106 valence electrons. The van der Waals surface area contributed by atoms with E-state index in [4.69, 9.17) is 0 Å². The number of thiazole rings is 1. The van der Waals surface area contributed by atoms with E-state index in [1.54, 1.807) is 10.4 Å². The summed E-state index contributed by atoms with van der Waals surface area (Å²) in [6, 6.07) is -0.501. The lowest BCUT2D eigenvalue weighted by Gasteiger charge is -2.18. The van der Waals surface area contributed by atoms with Crippen LogP contribution in [0, 0.1) is 0 Å². The fourth-order valence-corrected chi connectivity index (χ4v) is 3.17. The van der Waals surface area contributed by atoms with Gasteiger partial charge in [0, 0.05) is 12.4 Å². The van der Waals surface area contributed by atoms with Gasteiger partial charge in [-0.05, 0) is 0 Å². The Morgan fingerprint density at radius 3 is 3.05 bits per heavy atom. The number of nitrogens with zero attached hydrogens (tertiary/aromatic N) is 5. The van der Waals surface area contributed by atoms with Crippen molar-refractivity contribution < 1.29 is 13.9 Å². The summed E-state index contributed by atoms with van der Waals surface area (Å²) in [7, 11) is 0. The molecule has 2 bridgehead atoms. The average Bonchev–Trinajstić information content (AvgIpc) is 3.18. The summed E-state index contributed by atoms with van der Waals surface area (Å²) >= 11 is 1.63. The van der Waals surface area contributed by atoms with Crippen molar-refractivity contribution in [2.45, 2.75) is 12.6 Å². The summed E-state index contributed by atoms with van der Waals surface area (Å²) in [6.45, 7) is 1.12. The highest BCUT2D eigenvalue weighted by atomic mass is 32.2. The number of carbonyl (C=O) groups excluding carboxylic acids is 1. The van der Waals surface area contributed by atoms with Crippen LogP contribution < -0.4 is 0 Å². The molecule has 1 N–H and O–H groups in total. The van der Waals surface area contributed by atoms with Crippen molar-refractivity contribution in [1.82, 2.24) is 23.9 Å². The average molecular weight is 315 g/mol. The number of hydrogen-bond donors (Lipinski definition) is 1. The van der Waals surface area contributed by atoms with Crippen molar-refractivity contribution >= 4 is 29.7 Å². The fourth-order valence-electron chi connectivity index (χ4n) is 2.11. The van der Waals surface area contributed by atoms with E-state index < -0.39 is 0 Å². The summed E-state index contributed by atoms with van der Waals surface area (Å²) < 4.78 is 12.7. The van der Waals surface area contributed by atoms with Crippen LogP contribution in [0.2, 0.25) is 0 Å². The van der Waals surface area contributed by atoms with Crippen molar-refractivity contribution in [3.05, 3.63) is 34.8 Å². The lowest BCUT2D eigenvalue weighted by atomic mass is 10.1. The van der Waals surface area contributed by atoms with Crippen LogP contribution in [-0.4, -0.2) is 41.7 Å². The summed E-state index contributed by atoms with van der Waals surface area (Å²) in [4.78, 5) is 21.7. The molecule has 0 aromatic carbocycles. The summed E-state index contributed by atoms with van der Waals surface area (Å²) in [5.74, 6) is 0. The number of hydrogen-bond acceptors (Lipinski definition) is 6. The molecule has 2 amide bonds. The van der Waals surface area contributed by atoms with Gasteiger partial charge in [-0.1, -0.05) is 0 Å². The number of carbonyl (C=O) groups is 1. The van der Waals surface area contributed by atoms with Crippen molar-refractivity contribution in [1.29, 1.82) is 0 Å². The number of rotatable bonds is 1. The van der Waals surface area contributed by atoms with Crippen LogP contribution >= 0.6 is 23.7 Å². The maximum atomic E-state index is 11.4. The smallest absolute Gasteiger partial charge is 0.314 e. The number of urea groups is 1. The standard InChI is InChI=1S/C7H7N3O2S.C3H3FN2S/c11-7-9-1-4-6(13-3-8-4)5(2-9)10(7)12;4-7-6-2-1-5-3-6/h3,5,12H,1-2H2;1-3H/t5-;/m0./s1. The van der Waals surface area contributed by atoms with Crippen LogP contribution in [0.5, 0.6) is 0 Å². The van der Waals surface area contributed by atoms with Crippen LogP contribution in [0.25, 0.3) is 0 Å². The van der Waals surface area contributed by atoms with Gasteiger partial charge in [0.1, 0.15) is 12.4 Å². The molecule has 1 atom stereocenters. The molecule has 10 heteroatoms. The van der Waals surface area contributed by atoms with Crippen molar-refractivity contribution in [2.75, 3.05) is 6.54 Å². The minimum absolute atomic E-state index is 0.130. The number of hydroxylamine groups is 2. The van der Waals surface area contributed by atoms with E-state index in [0.717, 1.165) is 15.6 Å². The van der Waals surface area contributed by atoms with Crippen LogP contribution in [0.4, 0.5) is 8.68 Å². The fraction of sp³-hybridized carbons (Fsp3) is 0.300. The molecule has 7 nitrogen and oxygen atoms in total. The van der Waals surface area contributed by atoms with Gasteiger partial charge in [0.2, 0.25) is 0 Å². The zero-order valence-corrected chi connectivity index (χ0v) is 11.7. The maximum absolute atomic E-state index is 11.4. The molecule has 4 heterocycles. The number of aromatic nitrogens is 3. The molecule has 1 saturated heterocycles. The number of halogens is 1. The van der Waals surface area contributed by atoms with Crippen LogP contribution in [0.3, 0.4) is 0 Å². The first-order valence-corrected chi connectivity index (χ1v) is 7.22. The van der Waals surface area contributed by atoms with Gasteiger partial charge in [-0.25, -0.2) is 14.8 Å². The lowest BCUT2D eigenvalue weighted by Crippen LogP contribution is -2.28. The van der Waals surface area contributed by atoms with Gasteiger partial charge in [-0.15, -0.1) is 15.2 Å². The van der Waals surface area contributed by atoms with E-state index in [1.165, 1.54) is 34.0 Å². The monoisotopic (exact) mass is 315 g/mol. The first-order valence-electron chi connectivity index (χ1n) is 5.67. The number of fused-ring (bicyclic) bond motifs is 4. The van der Waals surface area contributed by atoms with Crippen LogP contribution in [0.15, 0.2) is 24.2 Å². The van der Waals surface area contributed by atoms with Gasteiger partial charge >= 0.3 is 6.03 Å². The second-order valence-corrected chi connectivity index (χ2v) is 5.62. The number of amides is 2. The van der Waals surface area contributed by atoms with E-state index in [0.29, 0.717) is 13.1 Å². The molecule has 2 aromatic heterocycles. The summed E-state index contributed by atoms with van der Waals surface area (Å²) in [5, 5.41) is 10.3. The Bertz CT molecular complexity index is 601. The molecular formula is C10H10FN5O2S2. The highest BCUT2D eigenvalue weighted by Crippen LogP contribution is 2.37. The van der Waals surface area contributed by atoms with E-state index >= 15 is 0 Å². The second-order valence-electron chi connectivity index (χ2n) is 4.18. The molecule has 20 heavy (non-hydrogen) atoms. The molecule has 2 aliphatic rings. The van der Waals surface area contributed by atoms with E-state index in [2.05, 4.69) is 9.97 Å². The zero-order chi connectivity index (χ0) is 14.1. The molecular weight excluding hydrogens is 305 g/mol. The van der Waals surface area contributed by atoms with E-state index in [9.17, 15) is 13.9 Å². The Balaban J connectivity index is 0.000000147. The minimum atomic E-state index is -0.310. The normalized spacial score (nSPS) is 19.7. The third kappa shape index (κ3) is 2.25. The predicted molar refractivity (Wildman–Crippen MR) is 70.6 cm³/mol. The van der Waals surface area contributed by atoms with Gasteiger partial charge in [0.15, 0.2) is 12.3 Å². The predicted octanol–water partition coefficient (Wildman–Crippen LogP) is 2.09. The molecule has 0 unspecified atom stereocenters. The lowest BCUT2D eigenvalue weighted by molar-refractivity contribution is -0.0577. The Hall–Kier alpha value is -1.65. The molecule has 0 spiro atoms. The number of imidazole rings is 1. The van der Waals surface area contributed by atoms with Gasteiger partial charge < -0.3 is 4.90 Å². The molecule has 0 aliphatic carbocycles. The molecule has 1 fully saturated rings. The highest BCUT2D eigenvalue weighted by molar-refractivity contribution is 7.92. The Morgan fingerprint density at radius 2 is 2.40 bits per heavy atom. The van der Waals surface area contributed by atoms with Gasteiger partial charge in [0.25, 0.3) is 0 Å². The van der Waals surface area contributed by atoms with Gasteiger partial charge in [-0.2, -0.15) is 5.06 Å². The van der Waals surface area contributed by atoms with E-state index in [1.807, 2.05) is 0 Å². The molecule has 2 aliphatic heterocycles. The third-order valence-electron chi connectivity index (χ3n) is 3.03. The van der Waals surface area contributed by atoms with Crippen molar-refractivity contribution in [3.8, 4) is 0 Å². The van der Waals surface area contributed by atoms with Crippen molar-refractivity contribution in [2.24, 2.45) is 0 Å². The second kappa shape index (κ2) is 5.38. The van der Waals surface area contributed by atoms with Crippen LogP contribution in [0.1, 0.15) is 16.6 Å². The Morgan fingerprint density at radius 1 is 1.55 bits per heavy atom. The SMILES string of the molecule is FSn1ccnc1.O=C1N2Cc3ncsc3[C@H](C2)N1O.